The molecule has 0 radical (unpaired) electrons. The highest BCUT2D eigenvalue weighted by molar-refractivity contribution is 6.22. The van der Waals surface area contributed by atoms with Gasteiger partial charge >= 0.3 is 0 Å². The second-order valence-corrected chi connectivity index (χ2v) is 6.86. The average molecular weight is 379 g/mol. The average Bonchev–Trinajstić information content (AvgIpc) is 2.92. The number of hydrogen-bond acceptors (Lipinski definition) is 4. The number of rotatable bonds is 6. The highest BCUT2D eigenvalue weighted by Gasteiger charge is 2.36. The smallest absolute Gasteiger partial charge is 0.262 e. The van der Waals surface area contributed by atoms with Gasteiger partial charge in [0.25, 0.3) is 11.8 Å². The molecular weight excluding hydrogens is 358 g/mol. The molecule has 4 amide bonds. The molecule has 28 heavy (non-hydrogen) atoms. The molecule has 0 bridgehead atoms. The first-order valence-corrected chi connectivity index (χ1v) is 8.98. The molecule has 1 aliphatic heterocycles. The quantitative estimate of drug-likeness (QED) is 0.752. The Hall–Kier alpha value is -3.48. The van der Waals surface area contributed by atoms with Gasteiger partial charge < -0.3 is 10.6 Å². The summed E-state index contributed by atoms with van der Waals surface area (Å²) in [4.78, 5) is 49.6. The van der Waals surface area contributed by atoms with Crippen LogP contribution < -0.4 is 10.6 Å². The lowest BCUT2D eigenvalue weighted by atomic mass is 10.1. The number of nitrogens with zero attached hydrogens (tertiary/aromatic N) is 1. The molecular formula is C21H21N3O4. The van der Waals surface area contributed by atoms with Crippen LogP contribution in [0.15, 0.2) is 48.5 Å². The van der Waals surface area contributed by atoms with Gasteiger partial charge in [-0.1, -0.05) is 38.1 Å². The van der Waals surface area contributed by atoms with Crippen LogP contribution in [0.4, 0.5) is 5.69 Å². The Balaban J connectivity index is 1.58. The van der Waals surface area contributed by atoms with Gasteiger partial charge in [0.2, 0.25) is 11.8 Å². The summed E-state index contributed by atoms with van der Waals surface area (Å²) in [5, 5.41) is 5.50. The minimum Gasteiger partial charge on any atom is -0.350 e. The van der Waals surface area contributed by atoms with Crippen LogP contribution in [0.2, 0.25) is 0 Å². The van der Waals surface area contributed by atoms with E-state index >= 15 is 0 Å². The normalized spacial score (nSPS) is 12.9. The van der Waals surface area contributed by atoms with Crippen molar-refractivity contribution in [1.29, 1.82) is 0 Å². The van der Waals surface area contributed by atoms with Gasteiger partial charge in [-0.3, -0.25) is 24.1 Å². The summed E-state index contributed by atoms with van der Waals surface area (Å²) in [5.41, 5.74) is 2.06. The number of carbonyl (C=O) groups is 4. The van der Waals surface area contributed by atoms with Crippen molar-refractivity contribution in [3.8, 4) is 0 Å². The molecule has 7 nitrogen and oxygen atoms in total. The van der Waals surface area contributed by atoms with E-state index < -0.39 is 17.7 Å². The molecule has 7 heteroatoms. The number of nitrogens with one attached hydrogen (secondary N) is 2. The van der Waals surface area contributed by atoms with Gasteiger partial charge in [0.1, 0.15) is 6.54 Å². The molecule has 0 aromatic heterocycles. The van der Waals surface area contributed by atoms with Crippen LogP contribution in [0.3, 0.4) is 0 Å². The predicted octanol–water partition coefficient (Wildman–Crippen LogP) is 2.19. The van der Waals surface area contributed by atoms with Crippen LogP contribution >= 0.6 is 0 Å². The lowest BCUT2D eigenvalue weighted by Gasteiger charge is -2.14. The van der Waals surface area contributed by atoms with E-state index in [0.29, 0.717) is 16.8 Å². The van der Waals surface area contributed by atoms with Crippen LogP contribution in [-0.2, 0) is 16.1 Å². The van der Waals surface area contributed by atoms with E-state index in [1.54, 1.807) is 56.3 Å². The lowest BCUT2D eigenvalue weighted by molar-refractivity contribution is -0.121. The van der Waals surface area contributed by atoms with Crippen molar-refractivity contribution < 1.29 is 19.2 Å². The fraction of sp³-hybridized carbons (Fsp3) is 0.238. The summed E-state index contributed by atoms with van der Waals surface area (Å²) >= 11 is 0. The van der Waals surface area contributed by atoms with Crippen molar-refractivity contribution in [2.75, 3.05) is 11.9 Å². The standard InChI is InChI=1S/C21H21N3O4/c1-13(2)19(26)23-15-7-5-6-14(10-15)11-22-18(25)12-24-20(27)16-8-3-4-9-17(16)21(24)28/h3-10,13H,11-12H2,1-2H3,(H,22,25)(H,23,26). The molecule has 1 heterocycles. The predicted molar refractivity (Wildman–Crippen MR) is 104 cm³/mol. The lowest BCUT2D eigenvalue weighted by Crippen LogP contribution is -2.40. The Bertz CT molecular complexity index is 917. The van der Waals surface area contributed by atoms with Crippen molar-refractivity contribution in [3.63, 3.8) is 0 Å². The van der Waals surface area contributed by atoms with Crippen molar-refractivity contribution >= 4 is 29.3 Å². The van der Waals surface area contributed by atoms with Gasteiger partial charge in [-0.25, -0.2) is 0 Å². The molecule has 144 valence electrons. The van der Waals surface area contributed by atoms with Gasteiger partial charge in [-0.15, -0.1) is 0 Å². The second kappa shape index (κ2) is 8.04. The number of imide groups is 1. The summed E-state index contributed by atoms with van der Waals surface area (Å²) < 4.78 is 0. The van der Waals surface area contributed by atoms with E-state index in [2.05, 4.69) is 10.6 Å². The number of hydrogen-bond donors (Lipinski definition) is 2. The summed E-state index contributed by atoms with van der Waals surface area (Å²) in [6.07, 6.45) is 0. The van der Waals surface area contributed by atoms with Crippen molar-refractivity contribution in [2.45, 2.75) is 20.4 Å². The van der Waals surface area contributed by atoms with E-state index in [-0.39, 0.29) is 24.9 Å². The first kappa shape index (κ1) is 19.3. The van der Waals surface area contributed by atoms with E-state index in [1.807, 2.05) is 6.07 Å². The Labute approximate surface area is 162 Å². The third kappa shape index (κ3) is 4.09. The highest BCUT2D eigenvalue weighted by Crippen LogP contribution is 2.22. The maximum atomic E-state index is 12.3. The molecule has 2 N–H and O–H groups in total. The molecule has 0 saturated carbocycles. The van der Waals surface area contributed by atoms with Gasteiger partial charge in [0, 0.05) is 18.2 Å². The second-order valence-electron chi connectivity index (χ2n) is 6.86. The van der Waals surface area contributed by atoms with Gasteiger partial charge in [-0.2, -0.15) is 0 Å². The third-order valence-corrected chi connectivity index (χ3v) is 4.39. The van der Waals surface area contributed by atoms with E-state index in [0.717, 1.165) is 10.5 Å². The van der Waals surface area contributed by atoms with Crippen LogP contribution in [0.5, 0.6) is 0 Å². The summed E-state index contributed by atoms with van der Waals surface area (Å²) in [5.74, 6) is -1.59. The number of anilines is 1. The number of fused-ring (bicyclic) bond motifs is 1. The zero-order valence-electron chi connectivity index (χ0n) is 15.7. The van der Waals surface area contributed by atoms with E-state index in [1.165, 1.54) is 0 Å². The molecule has 1 aliphatic rings. The van der Waals surface area contributed by atoms with E-state index in [9.17, 15) is 19.2 Å². The van der Waals surface area contributed by atoms with Crippen LogP contribution in [0.25, 0.3) is 0 Å². The molecule has 0 atom stereocenters. The third-order valence-electron chi connectivity index (χ3n) is 4.39. The number of amides is 4. The summed E-state index contributed by atoms with van der Waals surface area (Å²) in [6.45, 7) is 3.49. The number of carbonyl (C=O) groups excluding carboxylic acids is 4. The fourth-order valence-corrected chi connectivity index (χ4v) is 2.83. The molecule has 2 aromatic rings. The molecule has 3 rings (SSSR count). The summed E-state index contributed by atoms with van der Waals surface area (Å²) in [6, 6.07) is 13.6. The van der Waals surface area contributed by atoms with Crippen LogP contribution in [0.1, 0.15) is 40.1 Å². The van der Waals surface area contributed by atoms with Crippen molar-refractivity contribution in [1.82, 2.24) is 10.2 Å². The van der Waals surface area contributed by atoms with Crippen LogP contribution in [-0.4, -0.2) is 35.1 Å². The first-order valence-electron chi connectivity index (χ1n) is 8.98. The van der Waals surface area contributed by atoms with Gasteiger partial charge in [0.15, 0.2) is 0 Å². The minimum absolute atomic E-state index is 0.0909. The molecule has 0 aliphatic carbocycles. The van der Waals surface area contributed by atoms with Gasteiger partial charge in [-0.05, 0) is 29.8 Å². The molecule has 0 unspecified atom stereocenters. The van der Waals surface area contributed by atoms with E-state index in [4.69, 9.17) is 0 Å². The largest absolute Gasteiger partial charge is 0.350 e. The first-order chi connectivity index (χ1) is 13.4. The number of benzene rings is 2. The zero-order chi connectivity index (χ0) is 20.3. The Morgan fingerprint density at radius 2 is 1.61 bits per heavy atom. The summed E-state index contributed by atoms with van der Waals surface area (Å²) in [7, 11) is 0. The Morgan fingerprint density at radius 3 is 2.21 bits per heavy atom. The fourth-order valence-electron chi connectivity index (χ4n) is 2.83. The molecule has 0 saturated heterocycles. The van der Waals surface area contributed by atoms with Crippen molar-refractivity contribution in [3.05, 3.63) is 65.2 Å². The molecule has 0 spiro atoms. The van der Waals surface area contributed by atoms with Crippen LogP contribution in [0, 0.1) is 5.92 Å². The topological polar surface area (TPSA) is 95.6 Å². The molecule has 2 aromatic carbocycles. The molecule has 0 fully saturated rings. The Kier molecular flexibility index (Phi) is 5.54. The zero-order valence-corrected chi connectivity index (χ0v) is 15.7. The minimum atomic E-state index is -0.464. The maximum Gasteiger partial charge on any atom is 0.262 e. The van der Waals surface area contributed by atoms with Crippen molar-refractivity contribution in [2.24, 2.45) is 5.92 Å². The SMILES string of the molecule is CC(C)C(=O)Nc1cccc(CNC(=O)CN2C(=O)c3ccccc3C2=O)c1. The highest BCUT2D eigenvalue weighted by atomic mass is 16.2. The monoisotopic (exact) mass is 379 g/mol. The Morgan fingerprint density at radius 1 is 0.964 bits per heavy atom. The maximum absolute atomic E-state index is 12.3. The van der Waals surface area contributed by atoms with Gasteiger partial charge in [0.05, 0.1) is 11.1 Å².